The third-order valence-electron chi connectivity index (χ3n) is 5.22. The lowest BCUT2D eigenvalue weighted by molar-refractivity contribution is 0.323. The first-order valence-electron chi connectivity index (χ1n) is 9.50. The van der Waals surface area contributed by atoms with Gasteiger partial charge in [0, 0.05) is 6.07 Å². The predicted octanol–water partition coefficient (Wildman–Crippen LogP) is 5.48. The quantitative estimate of drug-likeness (QED) is 0.615. The molecule has 2 saturated carbocycles. The van der Waals surface area contributed by atoms with Crippen LogP contribution in [0.1, 0.15) is 65.2 Å². The number of hydrogen-bond acceptors (Lipinski definition) is 2. The van der Waals surface area contributed by atoms with Crippen LogP contribution in [0.25, 0.3) is 0 Å². The molecule has 0 N–H and O–H groups in total. The van der Waals surface area contributed by atoms with Gasteiger partial charge < -0.3 is 9.47 Å². The molecule has 0 saturated heterocycles. The smallest absolute Gasteiger partial charge is 0.123 e. The van der Waals surface area contributed by atoms with Crippen LogP contribution in [0.15, 0.2) is 18.2 Å². The highest BCUT2D eigenvalue weighted by Gasteiger charge is 2.34. The third kappa shape index (κ3) is 4.21. The molecule has 3 heteroatoms. The number of ether oxygens (including phenoxy) is 2. The highest BCUT2D eigenvalue weighted by Crippen LogP contribution is 2.56. The van der Waals surface area contributed by atoms with Gasteiger partial charge in [-0.3, -0.25) is 0 Å². The SMILES string of the molecule is CCOc1cc(OCC)cc(P(C2CCCC2)C2CCCC2)c1. The Kier molecular flexibility index (Phi) is 6.22. The van der Waals surface area contributed by atoms with Gasteiger partial charge in [0.2, 0.25) is 0 Å². The lowest BCUT2D eigenvalue weighted by atomic mass is 10.3. The summed E-state index contributed by atoms with van der Waals surface area (Å²) in [5, 5.41) is 1.54. The summed E-state index contributed by atoms with van der Waals surface area (Å²) in [6.07, 6.45) is 11.5. The summed E-state index contributed by atoms with van der Waals surface area (Å²) in [5.74, 6) is 1.99. The molecule has 1 aromatic carbocycles. The maximum Gasteiger partial charge on any atom is 0.123 e. The molecule has 1 aromatic rings. The Labute approximate surface area is 142 Å². The molecule has 2 aliphatic rings. The molecular formula is C20H31O2P. The fourth-order valence-electron chi connectivity index (χ4n) is 4.29. The van der Waals surface area contributed by atoms with E-state index in [0.717, 1.165) is 36.0 Å². The molecule has 2 aliphatic carbocycles. The van der Waals surface area contributed by atoms with Gasteiger partial charge in [-0.1, -0.05) is 33.6 Å². The van der Waals surface area contributed by atoms with E-state index in [4.69, 9.17) is 9.47 Å². The van der Waals surface area contributed by atoms with Crippen molar-refractivity contribution in [2.45, 2.75) is 76.5 Å². The first-order valence-corrected chi connectivity index (χ1v) is 11.0. The normalized spacial score (nSPS) is 19.6. The van der Waals surface area contributed by atoms with Crippen LogP contribution in [-0.4, -0.2) is 24.5 Å². The standard InChI is InChI=1S/C20H31O2P/c1-3-21-16-13-17(22-4-2)15-20(14-16)23(18-9-5-6-10-18)19-11-7-8-12-19/h13-15,18-19H,3-12H2,1-2H3. The van der Waals surface area contributed by atoms with Gasteiger partial charge in [0.05, 0.1) is 13.2 Å². The zero-order valence-corrected chi connectivity index (χ0v) is 15.6. The van der Waals surface area contributed by atoms with Crippen LogP contribution < -0.4 is 14.8 Å². The Balaban J connectivity index is 1.92. The van der Waals surface area contributed by atoms with Gasteiger partial charge in [0.25, 0.3) is 0 Å². The van der Waals surface area contributed by atoms with E-state index in [2.05, 4.69) is 32.0 Å². The maximum atomic E-state index is 5.84. The zero-order valence-electron chi connectivity index (χ0n) is 14.7. The Morgan fingerprint density at radius 1 is 0.783 bits per heavy atom. The highest BCUT2D eigenvalue weighted by molar-refractivity contribution is 7.67. The van der Waals surface area contributed by atoms with Gasteiger partial charge >= 0.3 is 0 Å². The molecule has 0 amide bonds. The van der Waals surface area contributed by atoms with Crippen LogP contribution in [0.4, 0.5) is 0 Å². The highest BCUT2D eigenvalue weighted by atomic mass is 31.1. The Bertz CT molecular complexity index is 450. The van der Waals surface area contributed by atoms with Crippen LogP contribution in [-0.2, 0) is 0 Å². The van der Waals surface area contributed by atoms with E-state index in [0.29, 0.717) is 0 Å². The monoisotopic (exact) mass is 334 g/mol. The summed E-state index contributed by atoms with van der Waals surface area (Å²) in [5.41, 5.74) is 1.86. The minimum Gasteiger partial charge on any atom is -0.494 e. The molecule has 0 radical (unpaired) electrons. The molecule has 2 fully saturated rings. The molecule has 0 aromatic heterocycles. The van der Waals surface area contributed by atoms with Crippen molar-refractivity contribution in [3.63, 3.8) is 0 Å². The van der Waals surface area contributed by atoms with Crippen molar-refractivity contribution in [2.75, 3.05) is 13.2 Å². The van der Waals surface area contributed by atoms with Crippen molar-refractivity contribution in [1.29, 1.82) is 0 Å². The van der Waals surface area contributed by atoms with Crippen molar-refractivity contribution >= 4 is 13.2 Å². The van der Waals surface area contributed by atoms with Crippen molar-refractivity contribution in [2.24, 2.45) is 0 Å². The maximum absolute atomic E-state index is 5.84. The number of benzene rings is 1. The lowest BCUT2D eigenvalue weighted by Gasteiger charge is -2.31. The van der Waals surface area contributed by atoms with Gasteiger partial charge in [-0.2, -0.15) is 0 Å². The third-order valence-corrected chi connectivity index (χ3v) is 8.68. The molecule has 3 rings (SSSR count). The predicted molar refractivity (Wildman–Crippen MR) is 99.8 cm³/mol. The van der Waals surface area contributed by atoms with Crippen LogP contribution in [0, 0.1) is 0 Å². The summed E-state index contributed by atoms with van der Waals surface area (Å²) >= 11 is 0. The van der Waals surface area contributed by atoms with Gasteiger partial charge in [-0.25, -0.2) is 0 Å². The molecule has 0 unspecified atom stereocenters. The second-order valence-electron chi connectivity index (χ2n) is 6.81. The molecule has 0 atom stereocenters. The van der Waals surface area contributed by atoms with Crippen LogP contribution in [0.2, 0.25) is 0 Å². The van der Waals surface area contributed by atoms with Gasteiger partial charge in [-0.05, 0) is 68.3 Å². The Morgan fingerprint density at radius 3 is 1.61 bits per heavy atom. The molecule has 0 heterocycles. The number of rotatable bonds is 7. The molecule has 0 aliphatic heterocycles. The molecular weight excluding hydrogens is 303 g/mol. The van der Waals surface area contributed by atoms with E-state index in [9.17, 15) is 0 Å². The average Bonchev–Trinajstić information content (AvgIpc) is 3.22. The second-order valence-corrected chi connectivity index (χ2v) is 9.60. The van der Waals surface area contributed by atoms with Crippen LogP contribution in [0.5, 0.6) is 11.5 Å². The van der Waals surface area contributed by atoms with E-state index in [1.165, 1.54) is 56.7 Å². The summed E-state index contributed by atoms with van der Waals surface area (Å²) in [6.45, 7) is 5.56. The second kappa shape index (κ2) is 8.38. The van der Waals surface area contributed by atoms with Gasteiger partial charge in [-0.15, -0.1) is 0 Å². The van der Waals surface area contributed by atoms with E-state index in [-0.39, 0.29) is 7.92 Å². The summed E-state index contributed by atoms with van der Waals surface area (Å²) < 4.78 is 11.7. The number of hydrogen-bond donors (Lipinski definition) is 0. The lowest BCUT2D eigenvalue weighted by Crippen LogP contribution is -2.19. The minimum atomic E-state index is -0.0719. The van der Waals surface area contributed by atoms with Crippen LogP contribution >= 0.6 is 7.92 Å². The summed E-state index contributed by atoms with van der Waals surface area (Å²) in [7, 11) is -0.0719. The van der Waals surface area contributed by atoms with Crippen molar-refractivity contribution < 1.29 is 9.47 Å². The van der Waals surface area contributed by atoms with E-state index in [1.54, 1.807) is 0 Å². The van der Waals surface area contributed by atoms with E-state index in [1.807, 2.05) is 0 Å². The molecule has 0 bridgehead atoms. The Hall–Kier alpha value is -0.750. The first kappa shape index (κ1) is 17.1. The largest absolute Gasteiger partial charge is 0.494 e. The fraction of sp³-hybridized carbons (Fsp3) is 0.700. The van der Waals surface area contributed by atoms with E-state index >= 15 is 0 Å². The Morgan fingerprint density at radius 2 is 1.22 bits per heavy atom. The van der Waals surface area contributed by atoms with Gasteiger partial charge in [0.1, 0.15) is 11.5 Å². The van der Waals surface area contributed by atoms with Gasteiger partial charge in [0.15, 0.2) is 0 Å². The average molecular weight is 334 g/mol. The topological polar surface area (TPSA) is 18.5 Å². The fourth-order valence-corrected chi connectivity index (χ4v) is 8.13. The minimum absolute atomic E-state index is 0.0719. The molecule has 128 valence electrons. The van der Waals surface area contributed by atoms with Crippen molar-refractivity contribution in [3.05, 3.63) is 18.2 Å². The van der Waals surface area contributed by atoms with Crippen molar-refractivity contribution in [3.8, 4) is 11.5 Å². The summed E-state index contributed by atoms with van der Waals surface area (Å²) in [4.78, 5) is 0. The van der Waals surface area contributed by atoms with Crippen LogP contribution in [0.3, 0.4) is 0 Å². The van der Waals surface area contributed by atoms with Crippen molar-refractivity contribution in [1.82, 2.24) is 0 Å². The molecule has 0 spiro atoms. The molecule has 2 nitrogen and oxygen atoms in total. The first-order chi connectivity index (χ1) is 11.3. The zero-order chi connectivity index (χ0) is 16.1. The van der Waals surface area contributed by atoms with E-state index < -0.39 is 0 Å². The summed E-state index contributed by atoms with van der Waals surface area (Å²) in [6, 6.07) is 6.72. The molecule has 23 heavy (non-hydrogen) atoms.